The number of fused-ring (bicyclic) bond motifs is 2. The monoisotopic (exact) mass is 525 g/mol. The molecule has 1 saturated carbocycles. The van der Waals surface area contributed by atoms with Gasteiger partial charge in [0, 0.05) is 21.5 Å². The Labute approximate surface area is 204 Å². The molecule has 3 heterocycles. The van der Waals surface area contributed by atoms with Crippen LogP contribution in [0.1, 0.15) is 46.9 Å². The highest BCUT2D eigenvalue weighted by Gasteiger charge is 2.63. The molecule has 6 nitrogen and oxygen atoms in total. The number of amides is 2. The second-order valence-corrected chi connectivity index (χ2v) is 11.2. The molecule has 3 atom stereocenters. The molecule has 1 saturated heterocycles. The molecule has 0 bridgehead atoms. The van der Waals surface area contributed by atoms with E-state index in [1.165, 1.54) is 11.3 Å². The lowest BCUT2D eigenvalue weighted by Crippen LogP contribution is -2.44. The lowest BCUT2D eigenvalue weighted by Gasteiger charge is -2.27. The van der Waals surface area contributed by atoms with Crippen molar-refractivity contribution in [2.75, 3.05) is 0 Å². The van der Waals surface area contributed by atoms with Crippen LogP contribution in [0, 0.1) is 12.3 Å². The molecule has 2 aliphatic rings. The molecule has 2 fully saturated rings. The number of pyridine rings is 1. The molecule has 3 aromatic rings. The molecule has 5 rings (SSSR count). The fourth-order valence-electron chi connectivity index (χ4n) is 5.06. The van der Waals surface area contributed by atoms with Crippen LogP contribution in [0.25, 0.3) is 10.1 Å². The van der Waals surface area contributed by atoms with Crippen LogP contribution >= 0.6 is 27.3 Å². The molecular weight excluding hydrogens is 502 g/mol. The van der Waals surface area contributed by atoms with E-state index in [0.29, 0.717) is 16.6 Å². The number of carbonyl (C=O) groups is 3. The number of Topliss-reactive ketones (excluding diaryl/α,β-unsaturated/α-hetero) is 1. The summed E-state index contributed by atoms with van der Waals surface area (Å²) < 4.78 is 1.66. The number of halogens is 1. The van der Waals surface area contributed by atoms with Crippen molar-refractivity contribution in [3.8, 4) is 0 Å². The van der Waals surface area contributed by atoms with Gasteiger partial charge in [0.15, 0.2) is 5.78 Å². The molecule has 33 heavy (non-hydrogen) atoms. The van der Waals surface area contributed by atoms with E-state index in [2.05, 4.69) is 27.8 Å². The SMILES string of the molecule is Cc1ccc(Br)nc1CC(=O)[C@@H]1C[C@@]2(C)C[C@H]2N1C(=O)Cc1ccc2scc(C(N)=O)c2c1. The number of carbonyl (C=O) groups excluding carboxylic acids is 3. The van der Waals surface area contributed by atoms with Crippen LogP contribution in [0.15, 0.2) is 40.3 Å². The summed E-state index contributed by atoms with van der Waals surface area (Å²) in [5, 5.41) is 2.53. The van der Waals surface area contributed by atoms with Crippen molar-refractivity contribution in [1.82, 2.24) is 9.88 Å². The largest absolute Gasteiger partial charge is 0.366 e. The Kier molecular flexibility index (Phi) is 5.40. The number of piperidine rings is 1. The fraction of sp³-hybridized carbons (Fsp3) is 0.360. The first kappa shape index (κ1) is 22.2. The maximum atomic E-state index is 13.4. The van der Waals surface area contributed by atoms with Crippen molar-refractivity contribution < 1.29 is 14.4 Å². The van der Waals surface area contributed by atoms with Gasteiger partial charge < -0.3 is 10.6 Å². The average Bonchev–Trinajstić information content (AvgIpc) is 3.10. The number of likely N-dealkylation sites (tertiary alicyclic amines) is 1. The zero-order valence-electron chi connectivity index (χ0n) is 18.4. The molecule has 1 aliphatic heterocycles. The van der Waals surface area contributed by atoms with E-state index in [0.717, 1.165) is 33.3 Å². The van der Waals surface area contributed by atoms with Crippen LogP contribution in [0.4, 0.5) is 0 Å². The van der Waals surface area contributed by atoms with Crippen molar-refractivity contribution in [2.24, 2.45) is 11.1 Å². The van der Waals surface area contributed by atoms with Crippen LogP contribution in [0.3, 0.4) is 0 Å². The predicted molar refractivity (Wildman–Crippen MR) is 131 cm³/mol. The number of rotatable bonds is 6. The molecular formula is C25H24BrN3O3S. The second kappa shape index (κ2) is 8.02. The molecule has 0 spiro atoms. The lowest BCUT2D eigenvalue weighted by atomic mass is 9.96. The molecule has 8 heteroatoms. The van der Waals surface area contributed by atoms with Crippen LogP contribution in [-0.2, 0) is 22.4 Å². The molecule has 2 aromatic heterocycles. The number of nitrogens with two attached hydrogens (primary N) is 1. The molecule has 170 valence electrons. The van der Waals surface area contributed by atoms with E-state index >= 15 is 0 Å². The van der Waals surface area contributed by atoms with Crippen molar-refractivity contribution in [3.05, 3.63) is 62.7 Å². The Bertz CT molecular complexity index is 1320. The van der Waals surface area contributed by atoms with E-state index in [1.807, 2.05) is 42.2 Å². The molecule has 1 aromatic carbocycles. The minimum Gasteiger partial charge on any atom is -0.366 e. The number of benzene rings is 1. The smallest absolute Gasteiger partial charge is 0.250 e. The zero-order valence-corrected chi connectivity index (χ0v) is 20.8. The van der Waals surface area contributed by atoms with Crippen LogP contribution < -0.4 is 5.73 Å². The van der Waals surface area contributed by atoms with Gasteiger partial charge in [-0.2, -0.15) is 0 Å². The summed E-state index contributed by atoms with van der Waals surface area (Å²) in [6.45, 7) is 4.10. The van der Waals surface area contributed by atoms with Gasteiger partial charge in [0.2, 0.25) is 11.8 Å². The van der Waals surface area contributed by atoms with Crippen molar-refractivity contribution >= 4 is 55.0 Å². The first-order valence-electron chi connectivity index (χ1n) is 10.9. The average molecular weight is 526 g/mol. The number of hydrogen-bond acceptors (Lipinski definition) is 5. The number of primary amides is 1. The summed E-state index contributed by atoms with van der Waals surface area (Å²) in [7, 11) is 0. The third-order valence-electron chi connectivity index (χ3n) is 7.06. The fourth-order valence-corrected chi connectivity index (χ4v) is 6.34. The van der Waals surface area contributed by atoms with E-state index in [-0.39, 0.29) is 36.0 Å². The summed E-state index contributed by atoms with van der Waals surface area (Å²) in [5.74, 6) is -0.483. The molecule has 2 N–H and O–H groups in total. The highest BCUT2D eigenvalue weighted by Crippen LogP contribution is 2.59. The van der Waals surface area contributed by atoms with E-state index in [9.17, 15) is 14.4 Å². The van der Waals surface area contributed by atoms with E-state index in [1.54, 1.807) is 5.38 Å². The predicted octanol–water partition coefficient (Wildman–Crippen LogP) is 4.20. The van der Waals surface area contributed by atoms with Gasteiger partial charge in [0.25, 0.3) is 0 Å². The highest BCUT2D eigenvalue weighted by atomic mass is 79.9. The molecule has 0 unspecified atom stereocenters. The number of aromatic nitrogens is 1. The Morgan fingerprint density at radius 3 is 2.76 bits per heavy atom. The Morgan fingerprint density at radius 1 is 1.21 bits per heavy atom. The van der Waals surface area contributed by atoms with Gasteiger partial charge >= 0.3 is 0 Å². The zero-order chi connectivity index (χ0) is 23.5. The van der Waals surface area contributed by atoms with Crippen molar-refractivity contribution in [2.45, 2.75) is 51.6 Å². The summed E-state index contributed by atoms with van der Waals surface area (Å²) in [6.07, 6.45) is 2.04. The number of nitrogens with zero attached hydrogens (tertiary/aromatic N) is 2. The standard InChI is InChI=1S/C25H24BrN3O3S/c1-13-3-6-22(26)28-17(13)9-19(30)18-10-25(2)11-21(25)29(18)23(31)8-14-4-5-20-15(7-14)16(12-33-20)24(27)32/h3-7,12,18,21H,8-11H2,1-2H3,(H2,27,32)/t18-,21+,25-/m0/s1. The third kappa shape index (κ3) is 3.99. The summed E-state index contributed by atoms with van der Waals surface area (Å²) >= 11 is 4.84. The van der Waals surface area contributed by atoms with Gasteiger partial charge in [-0.25, -0.2) is 4.98 Å². The number of ketones is 1. The number of aryl methyl sites for hydroxylation is 1. The van der Waals surface area contributed by atoms with Gasteiger partial charge in [-0.3, -0.25) is 14.4 Å². The van der Waals surface area contributed by atoms with Gasteiger partial charge in [0.1, 0.15) is 4.60 Å². The highest BCUT2D eigenvalue weighted by molar-refractivity contribution is 9.10. The topological polar surface area (TPSA) is 93.4 Å². The molecule has 1 aliphatic carbocycles. The van der Waals surface area contributed by atoms with Gasteiger partial charge in [-0.1, -0.05) is 19.1 Å². The second-order valence-electron chi connectivity index (χ2n) is 9.46. The van der Waals surface area contributed by atoms with E-state index in [4.69, 9.17) is 5.73 Å². The Hall–Kier alpha value is -2.58. The third-order valence-corrected chi connectivity index (χ3v) is 8.47. The van der Waals surface area contributed by atoms with Gasteiger partial charge in [0.05, 0.1) is 30.1 Å². The minimum absolute atomic E-state index is 0.0200. The first-order valence-corrected chi connectivity index (χ1v) is 12.6. The molecule has 0 radical (unpaired) electrons. The van der Waals surface area contributed by atoms with Crippen LogP contribution in [0.2, 0.25) is 0 Å². The Balaban J connectivity index is 1.38. The van der Waals surface area contributed by atoms with Crippen molar-refractivity contribution in [1.29, 1.82) is 0 Å². The quantitative estimate of drug-likeness (QED) is 0.488. The maximum Gasteiger partial charge on any atom is 0.250 e. The van der Waals surface area contributed by atoms with Crippen LogP contribution in [0.5, 0.6) is 0 Å². The summed E-state index contributed by atoms with van der Waals surface area (Å²) in [6, 6.07) is 9.20. The first-order chi connectivity index (χ1) is 15.7. The Morgan fingerprint density at radius 2 is 2.00 bits per heavy atom. The minimum atomic E-state index is -0.472. The number of thiophene rings is 1. The normalized spacial score (nSPS) is 23.5. The summed E-state index contributed by atoms with van der Waals surface area (Å²) in [5.41, 5.74) is 8.52. The van der Waals surface area contributed by atoms with Crippen LogP contribution in [-0.4, -0.2) is 39.6 Å². The van der Waals surface area contributed by atoms with Crippen molar-refractivity contribution in [3.63, 3.8) is 0 Å². The van der Waals surface area contributed by atoms with E-state index < -0.39 is 11.9 Å². The summed E-state index contributed by atoms with van der Waals surface area (Å²) in [4.78, 5) is 44.8. The van der Waals surface area contributed by atoms with Gasteiger partial charge in [-0.15, -0.1) is 11.3 Å². The molecule has 2 amide bonds. The lowest BCUT2D eigenvalue weighted by molar-refractivity contribution is -0.138. The van der Waals surface area contributed by atoms with Gasteiger partial charge in [-0.05, 0) is 70.4 Å². The number of hydrogen-bond donors (Lipinski definition) is 1. The maximum absolute atomic E-state index is 13.4.